The molecule has 108 valence electrons. The van der Waals surface area contributed by atoms with Crippen LogP contribution in [0.4, 0.5) is 0 Å². The number of carbonyl (C=O) groups excluding carboxylic acids is 2. The Labute approximate surface area is 129 Å². The van der Waals surface area contributed by atoms with Gasteiger partial charge in [0.25, 0.3) is 11.8 Å². The highest BCUT2D eigenvalue weighted by Gasteiger charge is 2.31. The minimum Gasteiger partial charge on any atom is -0.272 e. The average molecular weight is 299 g/mol. The maximum atomic E-state index is 12.2. The number of benzene rings is 1. The van der Waals surface area contributed by atoms with Gasteiger partial charge >= 0.3 is 0 Å². The van der Waals surface area contributed by atoms with Crippen molar-refractivity contribution in [2.24, 2.45) is 0 Å². The van der Waals surface area contributed by atoms with Gasteiger partial charge < -0.3 is 0 Å². The van der Waals surface area contributed by atoms with Gasteiger partial charge in [0, 0.05) is 23.4 Å². The maximum absolute atomic E-state index is 12.2. The molecule has 0 aliphatic carbocycles. The van der Waals surface area contributed by atoms with Crippen molar-refractivity contribution >= 4 is 23.6 Å². The first-order chi connectivity index (χ1) is 10.2. The SMILES string of the molecule is C=CCC1CC(Sc2ccccc2)=CC(=O)N1C(=O)C=C. The van der Waals surface area contributed by atoms with Gasteiger partial charge in [-0.25, -0.2) is 0 Å². The van der Waals surface area contributed by atoms with Gasteiger partial charge in [-0.05, 0) is 29.5 Å². The Morgan fingerprint density at radius 3 is 2.67 bits per heavy atom. The van der Waals surface area contributed by atoms with E-state index in [9.17, 15) is 9.59 Å². The van der Waals surface area contributed by atoms with Crippen LogP contribution in [0.3, 0.4) is 0 Å². The van der Waals surface area contributed by atoms with E-state index in [1.54, 1.807) is 23.9 Å². The summed E-state index contributed by atoms with van der Waals surface area (Å²) in [4.78, 5) is 27.4. The Morgan fingerprint density at radius 1 is 1.33 bits per heavy atom. The smallest absolute Gasteiger partial charge is 0.254 e. The highest BCUT2D eigenvalue weighted by molar-refractivity contribution is 8.03. The second kappa shape index (κ2) is 7.09. The number of carbonyl (C=O) groups is 2. The zero-order valence-electron chi connectivity index (χ0n) is 11.7. The molecular formula is C17H17NO2S. The molecule has 1 aliphatic rings. The van der Waals surface area contributed by atoms with E-state index in [2.05, 4.69) is 13.2 Å². The normalized spacial score (nSPS) is 18.1. The number of thioether (sulfide) groups is 1. The van der Waals surface area contributed by atoms with Crippen LogP contribution in [-0.4, -0.2) is 22.8 Å². The fourth-order valence-corrected chi connectivity index (χ4v) is 3.28. The zero-order valence-corrected chi connectivity index (χ0v) is 12.5. The average Bonchev–Trinajstić information content (AvgIpc) is 2.48. The van der Waals surface area contributed by atoms with Crippen molar-refractivity contribution in [3.05, 3.63) is 66.6 Å². The molecule has 1 aliphatic heterocycles. The summed E-state index contributed by atoms with van der Waals surface area (Å²) in [5.41, 5.74) is 0. The lowest BCUT2D eigenvalue weighted by molar-refractivity contribution is -0.141. The van der Waals surface area contributed by atoms with Gasteiger partial charge in [0.1, 0.15) is 0 Å². The molecule has 1 aromatic rings. The molecule has 4 heteroatoms. The second-order valence-electron chi connectivity index (χ2n) is 4.66. The molecule has 0 fully saturated rings. The van der Waals surface area contributed by atoms with Gasteiger partial charge in [-0.1, -0.05) is 42.6 Å². The van der Waals surface area contributed by atoms with E-state index in [0.717, 1.165) is 9.80 Å². The van der Waals surface area contributed by atoms with Gasteiger partial charge in [-0.15, -0.1) is 6.58 Å². The van der Waals surface area contributed by atoms with Crippen molar-refractivity contribution in [2.75, 3.05) is 0 Å². The minimum absolute atomic E-state index is 0.184. The van der Waals surface area contributed by atoms with Crippen LogP contribution in [0.25, 0.3) is 0 Å². The van der Waals surface area contributed by atoms with Crippen LogP contribution in [-0.2, 0) is 9.59 Å². The third-order valence-corrected chi connectivity index (χ3v) is 4.22. The topological polar surface area (TPSA) is 37.4 Å². The third kappa shape index (κ3) is 3.73. The number of imide groups is 1. The molecular weight excluding hydrogens is 282 g/mol. The largest absolute Gasteiger partial charge is 0.272 e. The van der Waals surface area contributed by atoms with Crippen molar-refractivity contribution in [2.45, 2.75) is 23.8 Å². The second-order valence-corrected chi connectivity index (χ2v) is 5.86. The number of amides is 2. The number of hydrogen-bond donors (Lipinski definition) is 0. The van der Waals surface area contributed by atoms with Crippen LogP contribution in [0, 0.1) is 0 Å². The summed E-state index contributed by atoms with van der Waals surface area (Å²) in [6, 6.07) is 9.69. The van der Waals surface area contributed by atoms with E-state index in [4.69, 9.17) is 0 Å². The minimum atomic E-state index is -0.355. The van der Waals surface area contributed by atoms with E-state index in [0.29, 0.717) is 12.8 Å². The molecule has 1 unspecified atom stereocenters. The van der Waals surface area contributed by atoms with Crippen LogP contribution in [0.15, 0.2) is 71.5 Å². The van der Waals surface area contributed by atoms with Gasteiger partial charge in [0.05, 0.1) is 0 Å². The molecule has 1 aromatic carbocycles. The van der Waals surface area contributed by atoms with Gasteiger partial charge in [0.15, 0.2) is 0 Å². The van der Waals surface area contributed by atoms with Crippen molar-refractivity contribution in [1.82, 2.24) is 4.90 Å². The van der Waals surface area contributed by atoms with Crippen LogP contribution in [0.2, 0.25) is 0 Å². The van der Waals surface area contributed by atoms with E-state index in [1.165, 1.54) is 11.0 Å². The quantitative estimate of drug-likeness (QED) is 0.616. The molecule has 2 amide bonds. The molecule has 2 rings (SSSR count). The molecule has 1 atom stereocenters. The Bertz CT molecular complexity index is 592. The summed E-state index contributed by atoms with van der Waals surface area (Å²) in [6.45, 7) is 7.16. The van der Waals surface area contributed by atoms with E-state index in [1.807, 2.05) is 30.3 Å². The number of hydrogen-bond acceptors (Lipinski definition) is 3. The summed E-state index contributed by atoms with van der Waals surface area (Å²) in [7, 11) is 0. The third-order valence-electron chi connectivity index (χ3n) is 3.17. The highest BCUT2D eigenvalue weighted by atomic mass is 32.2. The van der Waals surface area contributed by atoms with E-state index >= 15 is 0 Å². The first-order valence-electron chi connectivity index (χ1n) is 6.69. The van der Waals surface area contributed by atoms with Crippen molar-refractivity contribution in [1.29, 1.82) is 0 Å². The fraction of sp³-hybridized carbons (Fsp3) is 0.176. The first-order valence-corrected chi connectivity index (χ1v) is 7.51. The van der Waals surface area contributed by atoms with Crippen LogP contribution >= 0.6 is 11.8 Å². The van der Waals surface area contributed by atoms with Crippen LogP contribution in [0.1, 0.15) is 12.8 Å². The predicted octanol–water partition coefficient (Wildman–Crippen LogP) is 3.55. The van der Waals surface area contributed by atoms with Gasteiger partial charge in [-0.2, -0.15) is 0 Å². The van der Waals surface area contributed by atoms with Crippen molar-refractivity contribution in [3.8, 4) is 0 Å². The standard InChI is InChI=1S/C17H17NO2S/c1-3-8-13-11-15(21-14-9-6-5-7-10-14)12-17(20)18(13)16(19)4-2/h3-7,9-10,12-13H,1-2,8,11H2. The summed E-state index contributed by atoms with van der Waals surface area (Å²) in [5, 5.41) is 0. The summed E-state index contributed by atoms with van der Waals surface area (Å²) in [5.74, 6) is -0.636. The van der Waals surface area contributed by atoms with Crippen LogP contribution < -0.4 is 0 Å². The first kappa shape index (κ1) is 15.3. The Hall–Kier alpha value is -2.07. The lowest BCUT2D eigenvalue weighted by Crippen LogP contribution is -2.45. The Kier molecular flexibility index (Phi) is 5.17. The Morgan fingerprint density at radius 2 is 2.05 bits per heavy atom. The monoisotopic (exact) mass is 299 g/mol. The summed E-state index contributed by atoms with van der Waals surface area (Å²) >= 11 is 1.56. The van der Waals surface area contributed by atoms with E-state index < -0.39 is 0 Å². The molecule has 0 saturated carbocycles. The molecule has 0 radical (unpaired) electrons. The van der Waals surface area contributed by atoms with Crippen LogP contribution in [0.5, 0.6) is 0 Å². The highest BCUT2D eigenvalue weighted by Crippen LogP contribution is 2.34. The number of nitrogens with zero attached hydrogens (tertiary/aromatic N) is 1. The number of rotatable bonds is 5. The van der Waals surface area contributed by atoms with Crippen molar-refractivity contribution < 1.29 is 9.59 Å². The predicted molar refractivity (Wildman–Crippen MR) is 85.7 cm³/mol. The van der Waals surface area contributed by atoms with Gasteiger partial charge in [0.2, 0.25) is 0 Å². The molecule has 1 heterocycles. The molecule has 0 aromatic heterocycles. The molecule has 3 nitrogen and oxygen atoms in total. The lowest BCUT2D eigenvalue weighted by Gasteiger charge is -2.32. The molecule has 21 heavy (non-hydrogen) atoms. The molecule has 0 spiro atoms. The molecule has 0 saturated heterocycles. The molecule has 0 bridgehead atoms. The van der Waals surface area contributed by atoms with E-state index in [-0.39, 0.29) is 17.9 Å². The lowest BCUT2D eigenvalue weighted by atomic mass is 10.0. The fourth-order valence-electron chi connectivity index (χ4n) is 2.25. The maximum Gasteiger partial charge on any atom is 0.254 e. The van der Waals surface area contributed by atoms with Crippen molar-refractivity contribution in [3.63, 3.8) is 0 Å². The van der Waals surface area contributed by atoms with Gasteiger partial charge in [-0.3, -0.25) is 14.5 Å². The zero-order chi connectivity index (χ0) is 15.2. The summed E-state index contributed by atoms with van der Waals surface area (Å²) in [6.07, 6.45) is 5.68. The molecule has 0 N–H and O–H groups in total. The Balaban J connectivity index is 2.22. The summed E-state index contributed by atoms with van der Waals surface area (Å²) < 4.78 is 0.